The van der Waals surface area contributed by atoms with Crippen molar-refractivity contribution < 1.29 is 18.0 Å². The van der Waals surface area contributed by atoms with Crippen molar-refractivity contribution in [2.75, 3.05) is 0 Å². The number of aromatic nitrogens is 1. The minimum atomic E-state index is -4.44. The molecule has 1 amide bonds. The van der Waals surface area contributed by atoms with Gasteiger partial charge in [0.15, 0.2) is 5.43 Å². The fourth-order valence-electron chi connectivity index (χ4n) is 3.51. The first-order valence-electron chi connectivity index (χ1n) is 9.28. The van der Waals surface area contributed by atoms with Crippen LogP contribution in [0.2, 0.25) is 0 Å². The van der Waals surface area contributed by atoms with Crippen molar-refractivity contribution in [1.82, 2.24) is 9.88 Å². The number of fused-ring (bicyclic) bond motifs is 2. The Hall–Kier alpha value is -3.61. The van der Waals surface area contributed by atoms with Gasteiger partial charge in [0.2, 0.25) is 5.91 Å². The zero-order chi connectivity index (χ0) is 21.3. The Bertz CT molecular complexity index is 1250. The number of carbonyl (C=O) groups excluding carboxylic acids is 1. The average Bonchev–Trinajstić information content (AvgIpc) is 2.75. The fraction of sp³-hybridized carbons (Fsp3) is 0.130. The van der Waals surface area contributed by atoms with Crippen LogP contribution in [0.3, 0.4) is 0 Å². The molecular weight excluding hydrogens is 393 g/mol. The maximum absolute atomic E-state index is 12.9. The molecule has 0 fully saturated rings. The molecule has 0 aliphatic rings. The van der Waals surface area contributed by atoms with Gasteiger partial charge in [0.05, 0.1) is 16.6 Å². The summed E-state index contributed by atoms with van der Waals surface area (Å²) in [6, 6.07) is 18.9. The maximum atomic E-state index is 12.9. The van der Waals surface area contributed by atoms with Crippen LogP contribution in [0.5, 0.6) is 0 Å². The number of rotatable bonds is 4. The molecule has 0 radical (unpaired) electrons. The smallest absolute Gasteiger partial charge is 0.350 e. The molecule has 0 spiro atoms. The van der Waals surface area contributed by atoms with Gasteiger partial charge in [0.25, 0.3) is 0 Å². The second kappa shape index (κ2) is 7.67. The molecule has 0 bridgehead atoms. The molecule has 1 N–H and O–H groups in total. The summed E-state index contributed by atoms with van der Waals surface area (Å²) in [4.78, 5) is 25.4. The summed E-state index contributed by atoms with van der Waals surface area (Å²) in [7, 11) is 0. The van der Waals surface area contributed by atoms with E-state index in [-0.39, 0.29) is 24.4 Å². The summed E-state index contributed by atoms with van der Waals surface area (Å²) in [6.07, 6.45) is -4.44. The molecule has 1 heterocycles. The van der Waals surface area contributed by atoms with Gasteiger partial charge in [-0.2, -0.15) is 13.2 Å². The SMILES string of the molecule is O=C(Cn1c2ccccc2c(=O)c2ccccc21)NCc1cccc(C(F)(F)F)c1. The van der Waals surface area contributed by atoms with E-state index in [2.05, 4.69) is 5.32 Å². The van der Waals surface area contributed by atoms with Crippen molar-refractivity contribution in [1.29, 1.82) is 0 Å². The first-order chi connectivity index (χ1) is 14.3. The highest BCUT2D eigenvalue weighted by atomic mass is 19.4. The largest absolute Gasteiger partial charge is 0.416 e. The molecular formula is C23H17F3N2O2. The van der Waals surface area contributed by atoms with Gasteiger partial charge in [-0.1, -0.05) is 36.4 Å². The summed E-state index contributed by atoms with van der Waals surface area (Å²) in [5, 5.41) is 3.67. The molecule has 0 aliphatic heterocycles. The van der Waals surface area contributed by atoms with E-state index in [0.717, 1.165) is 12.1 Å². The Morgan fingerprint density at radius 2 is 1.47 bits per heavy atom. The van der Waals surface area contributed by atoms with E-state index in [1.807, 2.05) is 0 Å². The summed E-state index contributed by atoms with van der Waals surface area (Å²) in [6.45, 7) is -0.0981. The van der Waals surface area contributed by atoms with E-state index < -0.39 is 11.7 Å². The Morgan fingerprint density at radius 3 is 2.07 bits per heavy atom. The fourth-order valence-corrected chi connectivity index (χ4v) is 3.51. The van der Waals surface area contributed by atoms with Gasteiger partial charge >= 0.3 is 6.18 Å². The summed E-state index contributed by atoms with van der Waals surface area (Å²) >= 11 is 0. The van der Waals surface area contributed by atoms with Crippen LogP contribution in [-0.4, -0.2) is 10.5 Å². The van der Waals surface area contributed by atoms with E-state index in [4.69, 9.17) is 0 Å². The monoisotopic (exact) mass is 410 g/mol. The van der Waals surface area contributed by atoms with Crippen molar-refractivity contribution in [2.24, 2.45) is 0 Å². The lowest BCUT2D eigenvalue weighted by Gasteiger charge is -2.15. The van der Waals surface area contributed by atoms with Gasteiger partial charge in [0.1, 0.15) is 6.54 Å². The van der Waals surface area contributed by atoms with Gasteiger partial charge in [0, 0.05) is 17.3 Å². The van der Waals surface area contributed by atoms with E-state index in [1.165, 1.54) is 12.1 Å². The van der Waals surface area contributed by atoms with E-state index in [1.54, 1.807) is 53.1 Å². The number of benzene rings is 3. The highest BCUT2D eigenvalue weighted by Crippen LogP contribution is 2.29. The molecule has 4 nitrogen and oxygen atoms in total. The lowest BCUT2D eigenvalue weighted by Crippen LogP contribution is -2.28. The Morgan fingerprint density at radius 1 is 0.867 bits per heavy atom. The third kappa shape index (κ3) is 3.78. The van der Waals surface area contributed by atoms with Crippen molar-refractivity contribution in [3.05, 3.63) is 94.1 Å². The number of pyridine rings is 1. The molecule has 4 rings (SSSR count). The quantitative estimate of drug-likeness (QED) is 0.504. The van der Waals surface area contributed by atoms with Crippen LogP contribution in [0, 0.1) is 0 Å². The van der Waals surface area contributed by atoms with Crippen LogP contribution in [0.4, 0.5) is 13.2 Å². The van der Waals surface area contributed by atoms with Crippen LogP contribution in [0.25, 0.3) is 21.8 Å². The summed E-state index contributed by atoms with van der Waals surface area (Å²) in [5.41, 5.74) is 0.729. The Kier molecular flexibility index (Phi) is 5.03. The summed E-state index contributed by atoms with van der Waals surface area (Å²) in [5.74, 6) is -0.369. The topological polar surface area (TPSA) is 51.1 Å². The number of nitrogens with one attached hydrogen (secondary N) is 1. The number of hydrogen-bond donors (Lipinski definition) is 1. The number of halogens is 3. The number of para-hydroxylation sites is 2. The van der Waals surface area contributed by atoms with Crippen LogP contribution in [0.15, 0.2) is 77.6 Å². The molecule has 3 aromatic carbocycles. The van der Waals surface area contributed by atoms with Crippen molar-refractivity contribution in [3.8, 4) is 0 Å². The zero-order valence-electron chi connectivity index (χ0n) is 15.7. The highest BCUT2D eigenvalue weighted by molar-refractivity contribution is 5.94. The molecule has 30 heavy (non-hydrogen) atoms. The molecule has 0 unspecified atom stereocenters. The van der Waals surface area contributed by atoms with Crippen LogP contribution < -0.4 is 10.7 Å². The predicted octanol–water partition coefficient (Wildman–Crippen LogP) is 4.49. The summed E-state index contributed by atoms with van der Waals surface area (Å²) < 4.78 is 40.3. The third-order valence-electron chi connectivity index (χ3n) is 4.92. The lowest BCUT2D eigenvalue weighted by atomic mass is 10.1. The predicted molar refractivity (Wildman–Crippen MR) is 109 cm³/mol. The minimum Gasteiger partial charge on any atom is -0.350 e. The van der Waals surface area contributed by atoms with Gasteiger partial charge in [-0.05, 0) is 42.0 Å². The molecule has 0 aliphatic carbocycles. The van der Waals surface area contributed by atoms with Crippen molar-refractivity contribution >= 4 is 27.7 Å². The first kappa shape index (κ1) is 19.7. The van der Waals surface area contributed by atoms with Crippen LogP contribution in [-0.2, 0) is 24.1 Å². The van der Waals surface area contributed by atoms with Crippen molar-refractivity contribution in [3.63, 3.8) is 0 Å². The second-order valence-corrected chi connectivity index (χ2v) is 6.92. The van der Waals surface area contributed by atoms with Crippen LogP contribution in [0.1, 0.15) is 11.1 Å². The van der Waals surface area contributed by atoms with Gasteiger partial charge in [-0.3, -0.25) is 9.59 Å². The standard InChI is InChI=1S/C23H17F3N2O2/c24-23(25,26)16-7-5-6-15(12-16)13-27-21(29)14-28-19-10-3-1-8-17(19)22(30)18-9-2-4-11-20(18)28/h1-12H,13-14H2,(H,27,29). The number of hydrogen-bond acceptors (Lipinski definition) is 2. The van der Waals surface area contributed by atoms with E-state index in [0.29, 0.717) is 27.4 Å². The molecule has 0 saturated heterocycles. The second-order valence-electron chi connectivity index (χ2n) is 6.92. The minimum absolute atomic E-state index is 0.0290. The van der Waals surface area contributed by atoms with Gasteiger partial charge in [-0.25, -0.2) is 0 Å². The Labute approximate surface area is 169 Å². The average molecular weight is 410 g/mol. The number of nitrogens with zero attached hydrogens (tertiary/aromatic N) is 1. The van der Waals surface area contributed by atoms with E-state index >= 15 is 0 Å². The molecule has 0 saturated carbocycles. The molecule has 7 heteroatoms. The first-order valence-corrected chi connectivity index (χ1v) is 9.28. The van der Waals surface area contributed by atoms with Gasteiger partial charge < -0.3 is 9.88 Å². The number of alkyl halides is 3. The highest BCUT2D eigenvalue weighted by Gasteiger charge is 2.30. The Balaban J connectivity index is 1.62. The van der Waals surface area contributed by atoms with E-state index in [9.17, 15) is 22.8 Å². The number of carbonyl (C=O) groups is 1. The maximum Gasteiger partial charge on any atom is 0.416 e. The molecule has 0 atom stereocenters. The van der Waals surface area contributed by atoms with Crippen molar-refractivity contribution in [2.45, 2.75) is 19.3 Å². The normalized spacial score (nSPS) is 11.7. The van der Waals surface area contributed by atoms with Gasteiger partial charge in [-0.15, -0.1) is 0 Å². The molecule has 1 aromatic heterocycles. The van der Waals surface area contributed by atoms with Crippen LogP contribution >= 0.6 is 0 Å². The zero-order valence-corrected chi connectivity index (χ0v) is 15.7. The molecule has 152 valence electrons. The third-order valence-corrected chi connectivity index (χ3v) is 4.92. The number of amides is 1. The lowest BCUT2D eigenvalue weighted by molar-refractivity contribution is -0.137. The molecule has 4 aromatic rings.